The second kappa shape index (κ2) is 3.76. The Kier molecular flexibility index (Phi) is 2.65. The molecule has 2 aromatic rings. The molecule has 3 heteroatoms. The smallest absolute Gasteiger partial charge is 0.0467 e. The highest BCUT2D eigenvalue weighted by molar-refractivity contribution is 9.10. The topological polar surface area (TPSA) is 15.8 Å². The first-order valence-electron chi connectivity index (χ1n) is 4.05. The Morgan fingerprint density at radius 1 is 1.38 bits per heavy atom. The Balaban J connectivity index is 2.49. The third-order valence-electron chi connectivity index (χ3n) is 1.94. The van der Waals surface area contributed by atoms with Gasteiger partial charge in [-0.05, 0) is 29.8 Å². The van der Waals surface area contributed by atoms with Gasteiger partial charge in [0, 0.05) is 21.4 Å². The van der Waals surface area contributed by atoms with Gasteiger partial charge in [-0.3, -0.25) is 0 Å². The molecule has 0 radical (unpaired) electrons. The van der Waals surface area contributed by atoms with E-state index in [1.165, 1.54) is 16.6 Å². The molecule has 0 aliphatic heterocycles. The Morgan fingerprint density at radius 3 is 3.00 bits per heavy atom. The van der Waals surface area contributed by atoms with Crippen LogP contribution >= 0.6 is 27.7 Å². The molecular weight excluding hydrogens is 246 g/mol. The van der Waals surface area contributed by atoms with Gasteiger partial charge in [-0.1, -0.05) is 22.0 Å². The van der Waals surface area contributed by atoms with Gasteiger partial charge in [-0.25, -0.2) is 0 Å². The van der Waals surface area contributed by atoms with Gasteiger partial charge >= 0.3 is 0 Å². The van der Waals surface area contributed by atoms with Gasteiger partial charge in [0.25, 0.3) is 0 Å². The average molecular weight is 256 g/mol. The molecule has 1 aromatic heterocycles. The summed E-state index contributed by atoms with van der Waals surface area (Å²) in [7, 11) is 0. The molecule has 0 unspecified atom stereocenters. The van der Waals surface area contributed by atoms with E-state index in [0.717, 1.165) is 10.2 Å². The van der Waals surface area contributed by atoms with Gasteiger partial charge in [-0.2, -0.15) is 11.8 Å². The predicted octanol–water partition coefficient (Wildman–Crippen LogP) is 3.79. The number of nitrogens with one attached hydrogen (secondary N) is 1. The standard InChI is InChI=1S/C10H10BrNS/c1-13-6-9-4-7-2-3-8(11)5-10(7)12-9/h2-5,12H,6H2,1H3. The number of halogens is 1. The molecule has 0 bridgehead atoms. The van der Waals surface area contributed by atoms with Crippen molar-refractivity contribution in [3.05, 3.63) is 34.4 Å². The molecule has 0 saturated heterocycles. The normalized spacial score (nSPS) is 10.9. The fourth-order valence-corrected chi connectivity index (χ4v) is 2.22. The summed E-state index contributed by atoms with van der Waals surface area (Å²) in [6.07, 6.45) is 2.11. The van der Waals surface area contributed by atoms with Crippen LogP contribution in [-0.2, 0) is 5.75 Å². The maximum atomic E-state index is 3.46. The minimum Gasteiger partial charge on any atom is -0.358 e. The lowest BCUT2D eigenvalue weighted by Crippen LogP contribution is -1.76. The second-order valence-corrected chi connectivity index (χ2v) is 4.74. The summed E-state index contributed by atoms with van der Waals surface area (Å²) in [6.45, 7) is 0. The largest absolute Gasteiger partial charge is 0.358 e. The van der Waals surface area contributed by atoms with Gasteiger partial charge in [0.05, 0.1) is 0 Å². The van der Waals surface area contributed by atoms with Gasteiger partial charge in [-0.15, -0.1) is 0 Å². The molecule has 1 N–H and O–H groups in total. The van der Waals surface area contributed by atoms with Crippen LogP contribution in [0.5, 0.6) is 0 Å². The highest BCUT2D eigenvalue weighted by Crippen LogP contribution is 2.21. The van der Waals surface area contributed by atoms with Crippen LogP contribution in [0.1, 0.15) is 5.69 Å². The summed E-state index contributed by atoms with van der Waals surface area (Å²) < 4.78 is 1.12. The molecule has 68 valence electrons. The summed E-state index contributed by atoms with van der Waals surface area (Å²) in [4.78, 5) is 3.39. The molecule has 1 nitrogen and oxygen atoms in total. The molecule has 0 spiro atoms. The lowest BCUT2D eigenvalue weighted by Gasteiger charge is -1.90. The first kappa shape index (κ1) is 9.16. The first-order chi connectivity index (χ1) is 6.29. The van der Waals surface area contributed by atoms with E-state index in [0.29, 0.717) is 0 Å². The van der Waals surface area contributed by atoms with Crippen LogP contribution in [0.4, 0.5) is 0 Å². The van der Waals surface area contributed by atoms with Gasteiger partial charge in [0.1, 0.15) is 0 Å². The lowest BCUT2D eigenvalue weighted by molar-refractivity contribution is 1.27. The number of aromatic amines is 1. The minimum absolute atomic E-state index is 1.05. The fourth-order valence-electron chi connectivity index (χ4n) is 1.39. The SMILES string of the molecule is CSCc1cc2ccc(Br)cc2[nH]1. The van der Waals surface area contributed by atoms with Crippen LogP contribution < -0.4 is 0 Å². The molecule has 0 aliphatic rings. The van der Waals surface area contributed by atoms with E-state index in [4.69, 9.17) is 0 Å². The van der Waals surface area contributed by atoms with Crippen molar-refractivity contribution < 1.29 is 0 Å². The van der Waals surface area contributed by atoms with E-state index in [1.807, 2.05) is 11.8 Å². The van der Waals surface area contributed by atoms with E-state index in [9.17, 15) is 0 Å². The maximum absolute atomic E-state index is 3.46. The Labute approximate surface area is 90.0 Å². The summed E-state index contributed by atoms with van der Waals surface area (Å²) in [5.74, 6) is 1.05. The number of thioether (sulfide) groups is 1. The molecule has 0 fully saturated rings. The van der Waals surface area contributed by atoms with Crippen molar-refractivity contribution in [1.82, 2.24) is 4.98 Å². The fraction of sp³-hybridized carbons (Fsp3) is 0.200. The highest BCUT2D eigenvalue weighted by atomic mass is 79.9. The van der Waals surface area contributed by atoms with E-state index in [1.54, 1.807) is 0 Å². The Bertz CT molecular complexity index is 422. The second-order valence-electron chi connectivity index (χ2n) is 2.96. The monoisotopic (exact) mass is 255 g/mol. The van der Waals surface area contributed by atoms with Gasteiger partial charge < -0.3 is 4.98 Å². The third kappa shape index (κ3) is 1.92. The zero-order chi connectivity index (χ0) is 9.26. The van der Waals surface area contributed by atoms with Crippen molar-refractivity contribution >= 4 is 38.6 Å². The lowest BCUT2D eigenvalue weighted by atomic mass is 10.2. The van der Waals surface area contributed by atoms with E-state index >= 15 is 0 Å². The van der Waals surface area contributed by atoms with Crippen molar-refractivity contribution in [2.45, 2.75) is 5.75 Å². The first-order valence-corrected chi connectivity index (χ1v) is 6.24. The average Bonchev–Trinajstić information content (AvgIpc) is 2.46. The number of hydrogen-bond donors (Lipinski definition) is 1. The molecule has 0 atom stereocenters. The number of rotatable bonds is 2. The Hall–Kier alpha value is -0.410. The predicted molar refractivity (Wildman–Crippen MR) is 63.2 cm³/mol. The van der Waals surface area contributed by atoms with Crippen molar-refractivity contribution in [1.29, 1.82) is 0 Å². The minimum atomic E-state index is 1.05. The van der Waals surface area contributed by atoms with Crippen LogP contribution in [0.25, 0.3) is 10.9 Å². The maximum Gasteiger partial charge on any atom is 0.0467 e. The molecule has 0 aliphatic carbocycles. The number of H-pyrrole nitrogens is 1. The molecule has 1 heterocycles. The molecule has 13 heavy (non-hydrogen) atoms. The molecular formula is C10H10BrNS. The summed E-state index contributed by atoms with van der Waals surface area (Å²) in [5.41, 5.74) is 2.50. The van der Waals surface area contributed by atoms with Crippen LogP contribution in [0.2, 0.25) is 0 Å². The summed E-state index contributed by atoms with van der Waals surface area (Å²) in [6, 6.07) is 8.51. The zero-order valence-electron chi connectivity index (χ0n) is 7.30. The molecule has 0 saturated carbocycles. The van der Waals surface area contributed by atoms with Crippen molar-refractivity contribution in [2.24, 2.45) is 0 Å². The van der Waals surface area contributed by atoms with E-state index < -0.39 is 0 Å². The van der Waals surface area contributed by atoms with Crippen molar-refractivity contribution in [3.63, 3.8) is 0 Å². The van der Waals surface area contributed by atoms with Crippen LogP contribution in [-0.4, -0.2) is 11.2 Å². The summed E-state index contributed by atoms with van der Waals surface area (Å²) in [5, 5.41) is 1.28. The van der Waals surface area contributed by atoms with Crippen molar-refractivity contribution in [3.8, 4) is 0 Å². The summed E-state index contributed by atoms with van der Waals surface area (Å²) >= 11 is 5.29. The Morgan fingerprint density at radius 2 is 2.23 bits per heavy atom. The van der Waals surface area contributed by atoms with Crippen LogP contribution in [0, 0.1) is 0 Å². The molecule has 0 amide bonds. The van der Waals surface area contributed by atoms with Gasteiger partial charge in [0.15, 0.2) is 0 Å². The highest BCUT2D eigenvalue weighted by Gasteiger charge is 1.99. The zero-order valence-corrected chi connectivity index (χ0v) is 9.71. The number of benzene rings is 1. The van der Waals surface area contributed by atoms with E-state index in [-0.39, 0.29) is 0 Å². The van der Waals surface area contributed by atoms with Crippen LogP contribution in [0.15, 0.2) is 28.7 Å². The van der Waals surface area contributed by atoms with Gasteiger partial charge in [0.2, 0.25) is 0 Å². The number of aromatic nitrogens is 1. The van der Waals surface area contributed by atoms with Crippen LogP contribution in [0.3, 0.4) is 0 Å². The molecule has 2 rings (SSSR count). The molecule has 1 aromatic carbocycles. The number of hydrogen-bond acceptors (Lipinski definition) is 1. The number of fused-ring (bicyclic) bond motifs is 1. The quantitative estimate of drug-likeness (QED) is 0.864. The third-order valence-corrected chi connectivity index (χ3v) is 3.03. The van der Waals surface area contributed by atoms with E-state index in [2.05, 4.69) is 51.4 Å². The van der Waals surface area contributed by atoms with Crippen molar-refractivity contribution in [2.75, 3.05) is 6.26 Å².